The maximum absolute atomic E-state index is 14.1. The molecule has 0 unspecified atom stereocenters. The topological polar surface area (TPSA) is 70.1 Å². The lowest BCUT2D eigenvalue weighted by molar-refractivity contribution is -0.164. The Morgan fingerprint density at radius 2 is 1.63 bits per heavy atom. The zero-order chi connectivity index (χ0) is 30.1. The van der Waals surface area contributed by atoms with Gasteiger partial charge in [-0.3, -0.25) is 4.79 Å². The molecule has 3 aromatic carbocycles. The van der Waals surface area contributed by atoms with E-state index in [0.717, 1.165) is 44.5 Å². The molecule has 43 heavy (non-hydrogen) atoms. The number of benzene rings is 3. The first-order chi connectivity index (χ1) is 20.7. The second-order valence-corrected chi connectivity index (χ2v) is 13.4. The van der Waals surface area contributed by atoms with E-state index < -0.39 is 5.97 Å². The van der Waals surface area contributed by atoms with Crippen molar-refractivity contribution >= 4 is 17.6 Å². The Labute approximate surface area is 255 Å². The Kier molecular flexibility index (Phi) is 8.21. The molecule has 226 valence electrons. The van der Waals surface area contributed by atoms with E-state index in [1.54, 1.807) is 6.07 Å². The quantitative estimate of drug-likeness (QED) is 0.281. The lowest BCUT2D eigenvalue weighted by atomic mass is 9.44. The van der Waals surface area contributed by atoms with E-state index in [4.69, 9.17) is 4.74 Å². The molecule has 6 heteroatoms. The lowest BCUT2D eigenvalue weighted by Gasteiger charge is -2.64. The van der Waals surface area contributed by atoms with Gasteiger partial charge in [0.15, 0.2) is 0 Å². The van der Waals surface area contributed by atoms with Crippen molar-refractivity contribution in [1.82, 2.24) is 4.90 Å². The average Bonchev–Trinajstić information content (AvgIpc) is 3.02. The van der Waals surface area contributed by atoms with Crippen LogP contribution in [0.2, 0.25) is 0 Å². The molecule has 4 aliphatic rings. The van der Waals surface area contributed by atoms with E-state index in [1.807, 2.05) is 60.7 Å². The molecule has 3 saturated carbocycles. The van der Waals surface area contributed by atoms with Crippen molar-refractivity contribution in [1.29, 1.82) is 0 Å². The Hall–Kier alpha value is -3.80. The zero-order valence-corrected chi connectivity index (χ0v) is 25.6. The van der Waals surface area contributed by atoms with Gasteiger partial charge in [-0.25, -0.2) is 4.79 Å². The Balaban J connectivity index is 1.18. The first-order valence-corrected chi connectivity index (χ1v) is 15.9. The van der Waals surface area contributed by atoms with Crippen LogP contribution in [0, 0.1) is 23.2 Å². The van der Waals surface area contributed by atoms with Gasteiger partial charge < -0.3 is 19.6 Å². The van der Waals surface area contributed by atoms with Gasteiger partial charge in [0.25, 0.3) is 0 Å². The highest BCUT2D eigenvalue weighted by atomic mass is 16.5. The van der Waals surface area contributed by atoms with Crippen LogP contribution >= 0.6 is 0 Å². The Morgan fingerprint density at radius 1 is 0.953 bits per heavy atom. The number of para-hydroxylation sites is 1. The number of carbonyl (C=O) groups excluding carboxylic acids is 1. The number of fused-ring (bicyclic) bond motifs is 2. The molecule has 1 saturated heterocycles. The minimum atomic E-state index is -1.01. The first kappa shape index (κ1) is 29.3. The van der Waals surface area contributed by atoms with Crippen LogP contribution in [-0.2, 0) is 11.2 Å². The molecule has 4 fully saturated rings. The van der Waals surface area contributed by atoms with Gasteiger partial charge in [0.2, 0.25) is 5.91 Å². The minimum absolute atomic E-state index is 0.144. The van der Waals surface area contributed by atoms with Crippen molar-refractivity contribution in [2.75, 3.05) is 18.0 Å². The van der Waals surface area contributed by atoms with Crippen LogP contribution in [0.25, 0.3) is 0 Å². The number of anilines is 1. The maximum Gasteiger partial charge on any atom is 0.339 e. The van der Waals surface area contributed by atoms with Crippen LogP contribution in [0.4, 0.5) is 5.69 Å². The number of aromatic carboxylic acids is 1. The molecule has 3 aliphatic carbocycles. The summed E-state index contributed by atoms with van der Waals surface area (Å²) < 4.78 is 6.02. The summed E-state index contributed by atoms with van der Waals surface area (Å²) in [6.45, 7) is 8.85. The van der Waals surface area contributed by atoms with Crippen molar-refractivity contribution in [3.63, 3.8) is 0 Å². The van der Waals surface area contributed by atoms with E-state index in [-0.39, 0.29) is 11.6 Å². The highest BCUT2D eigenvalue weighted by Crippen LogP contribution is 2.62. The number of nitrogens with zero attached hydrogens (tertiary/aromatic N) is 2. The fraction of sp³-hybridized carbons (Fsp3) is 0.459. The third kappa shape index (κ3) is 5.89. The molecule has 1 amide bonds. The number of aryl methyl sites for hydroxylation is 1. The van der Waals surface area contributed by atoms with Crippen molar-refractivity contribution < 1.29 is 19.4 Å². The van der Waals surface area contributed by atoms with E-state index in [2.05, 4.69) is 42.7 Å². The molecule has 0 radical (unpaired) electrons. The molecular formula is C37H44N2O4. The second kappa shape index (κ2) is 12.1. The van der Waals surface area contributed by atoms with Crippen molar-refractivity contribution in [3.05, 3.63) is 90.0 Å². The Bertz CT molecular complexity index is 1430. The number of piperidine rings is 1. The van der Waals surface area contributed by atoms with E-state index in [0.29, 0.717) is 53.0 Å². The van der Waals surface area contributed by atoms with Crippen molar-refractivity contribution in [2.24, 2.45) is 23.2 Å². The van der Waals surface area contributed by atoms with Crippen molar-refractivity contribution in [3.8, 4) is 11.5 Å². The lowest BCUT2D eigenvalue weighted by Crippen LogP contribution is -2.64. The van der Waals surface area contributed by atoms with Gasteiger partial charge in [-0.15, -0.1) is 0 Å². The summed E-state index contributed by atoms with van der Waals surface area (Å²) in [5.41, 5.74) is 2.68. The fourth-order valence-corrected chi connectivity index (χ4v) is 8.16. The summed E-state index contributed by atoms with van der Waals surface area (Å²) in [6.07, 6.45) is 5.52. The van der Waals surface area contributed by atoms with Gasteiger partial charge in [0.1, 0.15) is 17.1 Å². The van der Waals surface area contributed by atoms with Crippen LogP contribution in [0.15, 0.2) is 78.9 Å². The third-order valence-corrected chi connectivity index (χ3v) is 10.8. The summed E-state index contributed by atoms with van der Waals surface area (Å²) in [5, 5.41) is 9.78. The summed E-state index contributed by atoms with van der Waals surface area (Å²) in [7, 11) is 0. The van der Waals surface area contributed by atoms with Crippen LogP contribution < -0.4 is 9.64 Å². The summed E-state index contributed by atoms with van der Waals surface area (Å²) in [4.78, 5) is 30.6. The van der Waals surface area contributed by atoms with Crippen LogP contribution in [-0.4, -0.2) is 47.1 Å². The number of carboxylic acid groups (broad SMARTS) is 1. The van der Waals surface area contributed by atoms with E-state index in [1.165, 1.54) is 12.0 Å². The van der Waals surface area contributed by atoms with E-state index in [9.17, 15) is 14.7 Å². The number of carboxylic acids is 1. The van der Waals surface area contributed by atoms with Crippen LogP contribution in [0.3, 0.4) is 0 Å². The number of amides is 1. The predicted octanol–water partition coefficient (Wildman–Crippen LogP) is 7.68. The molecule has 4 atom stereocenters. The van der Waals surface area contributed by atoms with Gasteiger partial charge in [0, 0.05) is 43.3 Å². The summed E-state index contributed by atoms with van der Waals surface area (Å²) in [6, 6.07) is 25.5. The van der Waals surface area contributed by atoms with Gasteiger partial charge >= 0.3 is 5.97 Å². The summed E-state index contributed by atoms with van der Waals surface area (Å²) in [5.74, 6) is 2.10. The first-order valence-electron chi connectivity index (χ1n) is 15.9. The van der Waals surface area contributed by atoms with Gasteiger partial charge in [0.05, 0.1) is 0 Å². The number of rotatable bonds is 9. The highest BCUT2D eigenvalue weighted by Gasteiger charge is 2.58. The van der Waals surface area contributed by atoms with Gasteiger partial charge in [-0.2, -0.15) is 0 Å². The summed E-state index contributed by atoms with van der Waals surface area (Å²) >= 11 is 0. The standard InChI is InChI=1S/C37H44N2O4/c1-25-32-22-27(37(32,2)3)23-33(25)39(35(40)17-14-26-10-6-4-7-11-26)28-18-20-38(21-19-28)29-15-16-31(36(41)42)34(24-29)43-30-12-8-5-9-13-30/h4-13,15-16,24-25,27-28,32-33H,14,17-23H2,1-3H3,(H,41,42)/t25-,27+,32+,33+/m1/s1. The number of ether oxygens (including phenoxy) is 1. The minimum Gasteiger partial charge on any atom is -0.478 e. The molecule has 6 nitrogen and oxygen atoms in total. The average molecular weight is 581 g/mol. The molecule has 1 N–H and O–H groups in total. The number of carbonyl (C=O) groups is 2. The van der Waals surface area contributed by atoms with Gasteiger partial charge in [-0.05, 0) is 85.1 Å². The number of hydrogen-bond acceptors (Lipinski definition) is 4. The van der Waals surface area contributed by atoms with E-state index >= 15 is 0 Å². The van der Waals surface area contributed by atoms with Crippen LogP contribution in [0.5, 0.6) is 11.5 Å². The zero-order valence-electron chi connectivity index (χ0n) is 25.6. The molecule has 2 bridgehead atoms. The fourth-order valence-electron chi connectivity index (χ4n) is 8.16. The molecular weight excluding hydrogens is 536 g/mol. The molecule has 0 aromatic heterocycles. The number of hydrogen-bond donors (Lipinski definition) is 1. The molecule has 1 heterocycles. The monoisotopic (exact) mass is 580 g/mol. The smallest absolute Gasteiger partial charge is 0.339 e. The molecule has 7 rings (SSSR count). The largest absolute Gasteiger partial charge is 0.478 e. The molecule has 1 aliphatic heterocycles. The Morgan fingerprint density at radius 3 is 2.26 bits per heavy atom. The van der Waals surface area contributed by atoms with Crippen molar-refractivity contribution in [2.45, 2.75) is 71.4 Å². The third-order valence-electron chi connectivity index (χ3n) is 10.8. The SMILES string of the molecule is C[C@H]1[C@@H](N(C(=O)CCc2ccccc2)C2CCN(c3ccc(C(=O)O)c(Oc4ccccc4)c3)CC2)C[C@@H]2C[C@@H]1C2(C)C. The highest BCUT2D eigenvalue weighted by molar-refractivity contribution is 5.91. The molecule has 0 spiro atoms. The van der Waals surface area contributed by atoms with Gasteiger partial charge in [-0.1, -0.05) is 69.3 Å². The van der Waals surface area contributed by atoms with Crippen LogP contribution in [0.1, 0.15) is 68.8 Å². The molecule has 3 aromatic rings. The second-order valence-electron chi connectivity index (χ2n) is 13.4. The maximum atomic E-state index is 14.1. The predicted molar refractivity (Wildman–Crippen MR) is 170 cm³/mol. The normalized spacial score (nSPS) is 24.6.